The van der Waals surface area contributed by atoms with Crippen LogP contribution in [0.3, 0.4) is 0 Å². The second-order valence-electron chi connectivity index (χ2n) is 4.08. The maximum Gasteiger partial charge on any atom is 0.265 e. The average Bonchev–Trinajstić information content (AvgIpc) is 2.97. The summed E-state index contributed by atoms with van der Waals surface area (Å²) in [5.74, 6) is -0.320. The van der Waals surface area contributed by atoms with Crippen molar-refractivity contribution in [1.29, 1.82) is 5.26 Å². The minimum absolute atomic E-state index is 0.135. The Bertz CT molecular complexity index is 534. The van der Waals surface area contributed by atoms with Crippen molar-refractivity contribution >= 4 is 29.0 Å². The molecule has 0 radical (unpaired) electrons. The number of ether oxygens (including phenoxy) is 1. The van der Waals surface area contributed by atoms with Gasteiger partial charge in [0, 0.05) is 25.1 Å². The van der Waals surface area contributed by atoms with Gasteiger partial charge in [0.25, 0.3) is 5.91 Å². The summed E-state index contributed by atoms with van der Waals surface area (Å²) in [6, 6.07) is 5.89. The van der Waals surface area contributed by atoms with Gasteiger partial charge in [-0.1, -0.05) is 17.8 Å². The number of amides is 1. The van der Waals surface area contributed by atoms with Crippen molar-refractivity contribution in [3.05, 3.63) is 33.0 Å². The SMILES string of the molecule is COCCCNC1=C(C#N)C(=O)NC(c2cccs2)S1. The van der Waals surface area contributed by atoms with Crippen molar-refractivity contribution in [3.8, 4) is 6.07 Å². The molecule has 1 amide bonds. The smallest absolute Gasteiger partial charge is 0.265 e. The van der Waals surface area contributed by atoms with Crippen molar-refractivity contribution in [2.45, 2.75) is 11.8 Å². The molecule has 1 unspecified atom stereocenters. The minimum Gasteiger partial charge on any atom is -0.385 e. The summed E-state index contributed by atoms with van der Waals surface area (Å²) < 4.78 is 4.98. The lowest BCUT2D eigenvalue weighted by Gasteiger charge is -2.25. The highest BCUT2D eigenvalue weighted by Crippen LogP contribution is 2.38. The van der Waals surface area contributed by atoms with Crippen LogP contribution in [-0.2, 0) is 9.53 Å². The molecule has 20 heavy (non-hydrogen) atoms. The summed E-state index contributed by atoms with van der Waals surface area (Å²) in [5.41, 5.74) is 0.153. The Morgan fingerprint density at radius 1 is 1.60 bits per heavy atom. The van der Waals surface area contributed by atoms with E-state index in [1.165, 1.54) is 11.8 Å². The van der Waals surface area contributed by atoms with E-state index in [2.05, 4.69) is 10.6 Å². The number of hydrogen-bond donors (Lipinski definition) is 2. The van der Waals surface area contributed by atoms with Crippen LogP contribution in [0.4, 0.5) is 0 Å². The summed E-state index contributed by atoms with van der Waals surface area (Å²) in [6.45, 7) is 1.32. The molecule has 7 heteroatoms. The van der Waals surface area contributed by atoms with Crippen LogP contribution in [0.25, 0.3) is 0 Å². The summed E-state index contributed by atoms with van der Waals surface area (Å²) >= 11 is 3.05. The largest absolute Gasteiger partial charge is 0.385 e. The van der Waals surface area contributed by atoms with Gasteiger partial charge < -0.3 is 15.4 Å². The molecule has 0 saturated carbocycles. The number of nitriles is 1. The van der Waals surface area contributed by atoms with Crippen LogP contribution in [0.15, 0.2) is 28.1 Å². The zero-order valence-corrected chi connectivity index (χ0v) is 12.6. The Hall–Kier alpha value is -1.49. The van der Waals surface area contributed by atoms with Crippen LogP contribution < -0.4 is 10.6 Å². The number of thioether (sulfide) groups is 1. The molecule has 106 valence electrons. The van der Waals surface area contributed by atoms with E-state index in [0.717, 1.165) is 11.3 Å². The lowest BCUT2D eigenvalue weighted by atomic mass is 10.3. The van der Waals surface area contributed by atoms with E-state index in [1.807, 2.05) is 23.6 Å². The molecule has 1 atom stereocenters. The number of thiophene rings is 1. The Labute approximate surface area is 126 Å². The van der Waals surface area contributed by atoms with Crippen molar-refractivity contribution < 1.29 is 9.53 Å². The number of nitrogens with zero attached hydrogens (tertiary/aromatic N) is 1. The van der Waals surface area contributed by atoms with Gasteiger partial charge in [-0.25, -0.2) is 0 Å². The Morgan fingerprint density at radius 2 is 2.45 bits per heavy atom. The maximum absolute atomic E-state index is 12.0. The average molecular weight is 309 g/mol. The van der Waals surface area contributed by atoms with E-state index in [0.29, 0.717) is 18.2 Å². The molecule has 5 nitrogen and oxygen atoms in total. The molecular weight excluding hydrogens is 294 g/mol. The van der Waals surface area contributed by atoms with Crippen LogP contribution in [0.2, 0.25) is 0 Å². The van der Waals surface area contributed by atoms with Gasteiger partial charge in [-0.2, -0.15) is 5.26 Å². The molecule has 1 aliphatic heterocycles. The lowest BCUT2D eigenvalue weighted by molar-refractivity contribution is -0.117. The van der Waals surface area contributed by atoms with Gasteiger partial charge in [-0.05, 0) is 17.9 Å². The number of methoxy groups -OCH3 is 1. The van der Waals surface area contributed by atoms with Crippen LogP contribution in [0.5, 0.6) is 0 Å². The first-order chi connectivity index (χ1) is 9.76. The van der Waals surface area contributed by atoms with Crippen LogP contribution in [0.1, 0.15) is 16.7 Å². The molecule has 0 aliphatic carbocycles. The van der Waals surface area contributed by atoms with Crippen molar-refractivity contribution in [3.63, 3.8) is 0 Å². The van der Waals surface area contributed by atoms with E-state index in [-0.39, 0.29) is 16.9 Å². The zero-order chi connectivity index (χ0) is 14.4. The molecule has 0 saturated heterocycles. The third-order valence-corrected chi connectivity index (χ3v) is 4.95. The summed E-state index contributed by atoms with van der Waals surface area (Å²) in [7, 11) is 1.65. The molecule has 2 heterocycles. The second-order valence-corrected chi connectivity index (χ2v) is 6.17. The van der Waals surface area contributed by atoms with E-state index >= 15 is 0 Å². The van der Waals surface area contributed by atoms with E-state index < -0.39 is 0 Å². The topological polar surface area (TPSA) is 74.1 Å². The first-order valence-electron chi connectivity index (χ1n) is 6.14. The first-order valence-corrected chi connectivity index (χ1v) is 7.90. The van der Waals surface area contributed by atoms with Gasteiger partial charge in [0.1, 0.15) is 17.0 Å². The molecular formula is C13H15N3O2S2. The first kappa shape index (κ1) is 14.9. The van der Waals surface area contributed by atoms with Crippen LogP contribution in [-0.4, -0.2) is 26.2 Å². The normalized spacial score (nSPS) is 18.6. The quantitative estimate of drug-likeness (QED) is 0.786. The van der Waals surface area contributed by atoms with E-state index in [1.54, 1.807) is 18.4 Å². The molecule has 0 bridgehead atoms. The fourth-order valence-electron chi connectivity index (χ4n) is 1.72. The van der Waals surface area contributed by atoms with E-state index in [4.69, 9.17) is 10.00 Å². The highest BCUT2D eigenvalue weighted by Gasteiger charge is 2.29. The number of carbonyl (C=O) groups is 1. The fraction of sp³-hybridized carbons (Fsp3) is 0.385. The predicted octanol–water partition coefficient (Wildman–Crippen LogP) is 1.97. The van der Waals surface area contributed by atoms with Gasteiger partial charge in [-0.3, -0.25) is 4.79 Å². The maximum atomic E-state index is 12.0. The number of rotatable bonds is 6. The standard InChI is InChI=1S/C13H15N3O2S2/c1-18-6-3-5-15-12-9(8-14)11(17)16-13(20-12)10-4-2-7-19-10/h2,4,7,13,15H,3,5-6H2,1H3,(H,16,17). The highest BCUT2D eigenvalue weighted by atomic mass is 32.2. The van der Waals surface area contributed by atoms with Crippen LogP contribution in [0, 0.1) is 11.3 Å². The van der Waals surface area contributed by atoms with Gasteiger partial charge in [0.05, 0.1) is 5.03 Å². The Balaban J connectivity index is 2.08. The van der Waals surface area contributed by atoms with Gasteiger partial charge in [0.15, 0.2) is 0 Å². The fourth-order valence-corrected chi connectivity index (χ4v) is 3.72. The summed E-state index contributed by atoms with van der Waals surface area (Å²) in [4.78, 5) is 13.0. The molecule has 1 aliphatic rings. The monoisotopic (exact) mass is 309 g/mol. The molecule has 0 aromatic carbocycles. The number of nitrogens with one attached hydrogen (secondary N) is 2. The van der Waals surface area contributed by atoms with Crippen molar-refractivity contribution in [1.82, 2.24) is 10.6 Å². The zero-order valence-electron chi connectivity index (χ0n) is 11.0. The third-order valence-electron chi connectivity index (χ3n) is 2.68. The number of carbonyl (C=O) groups excluding carboxylic acids is 1. The second kappa shape index (κ2) is 7.33. The van der Waals surface area contributed by atoms with Gasteiger partial charge >= 0.3 is 0 Å². The number of hydrogen-bond acceptors (Lipinski definition) is 6. The van der Waals surface area contributed by atoms with Gasteiger partial charge in [-0.15, -0.1) is 11.3 Å². The van der Waals surface area contributed by atoms with Crippen LogP contribution >= 0.6 is 23.1 Å². The minimum atomic E-state index is -0.320. The molecule has 0 fully saturated rings. The van der Waals surface area contributed by atoms with E-state index in [9.17, 15) is 4.79 Å². The summed E-state index contributed by atoms with van der Waals surface area (Å²) in [5, 5.41) is 17.6. The predicted molar refractivity (Wildman–Crippen MR) is 79.9 cm³/mol. The molecule has 2 N–H and O–H groups in total. The third kappa shape index (κ3) is 3.54. The molecule has 1 aromatic rings. The lowest BCUT2D eigenvalue weighted by Crippen LogP contribution is -2.34. The Kier molecular flexibility index (Phi) is 5.47. The molecule has 0 spiro atoms. The molecule has 1 aromatic heterocycles. The van der Waals surface area contributed by atoms with Gasteiger partial charge in [0.2, 0.25) is 0 Å². The van der Waals surface area contributed by atoms with Crippen molar-refractivity contribution in [2.75, 3.05) is 20.3 Å². The highest BCUT2D eigenvalue weighted by molar-refractivity contribution is 8.03. The van der Waals surface area contributed by atoms with Crippen molar-refractivity contribution in [2.24, 2.45) is 0 Å². The summed E-state index contributed by atoms with van der Waals surface area (Å²) in [6.07, 6.45) is 0.824. The molecule has 2 rings (SSSR count). The Morgan fingerprint density at radius 3 is 3.10 bits per heavy atom.